The lowest BCUT2D eigenvalue weighted by Crippen LogP contribution is -2.38. The first-order valence-corrected chi connectivity index (χ1v) is 9.55. The number of fused-ring (bicyclic) bond motifs is 1. The Morgan fingerprint density at radius 2 is 1.83 bits per heavy atom. The number of aliphatic hydroxyl groups is 1. The molecule has 3 aromatic rings. The van der Waals surface area contributed by atoms with E-state index < -0.39 is 17.4 Å². The Hall–Kier alpha value is -3.07. The number of aryl methyl sites for hydroxylation is 1. The average molecular weight is 401 g/mol. The first kappa shape index (κ1) is 20.7. The lowest BCUT2D eigenvalue weighted by Gasteiger charge is -2.16. The van der Waals surface area contributed by atoms with Crippen LogP contribution in [-0.4, -0.2) is 43.0 Å². The van der Waals surface area contributed by atoms with Crippen molar-refractivity contribution in [3.63, 3.8) is 0 Å². The van der Waals surface area contributed by atoms with Crippen LogP contribution >= 0.6 is 0 Å². The van der Waals surface area contributed by atoms with Crippen LogP contribution in [0.2, 0.25) is 0 Å². The molecule has 0 aliphatic rings. The third-order valence-corrected chi connectivity index (χ3v) is 4.60. The summed E-state index contributed by atoms with van der Waals surface area (Å²) in [6.07, 6.45) is -0.880. The first-order chi connectivity index (χ1) is 13.8. The summed E-state index contributed by atoms with van der Waals surface area (Å²) < 4.78 is 9.62. The highest BCUT2D eigenvalue weighted by molar-refractivity contribution is 5.74. The van der Waals surface area contributed by atoms with Crippen molar-refractivity contribution in [3.8, 4) is 5.75 Å². The molecule has 0 aliphatic carbocycles. The molecule has 0 saturated carbocycles. The minimum atomic E-state index is -0.880. The maximum atomic E-state index is 12.8. The van der Waals surface area contributed by atoms with Crippen LogP contribution < -0.4 is 21.3 Å². The van der Waals surface area contributed by atoms with Gasteiger partial charge in [0.05, 0.1) is 6.54 Å². The Labute approximate surface area is 168 Å². The standard InChI is InChI=1S/C20H27N5O4/c1-13(2)10-21-19-22-17-16(18(27)24(4)20(28)23(17)3)25(19)11-14(26)12-29-15-8-6-5-7-9-15/h5-9,13-14,26H,10-12H2,1-4H3,(H,21,22)/t14-/m0/s1. The van der Waals surface area contributed by atoms with Gasteiger partial charge >= 0.3 is 5.69 Å². The maximum Gasteiger partial charge on any atom is 0.332 e. The molecule has 3 rings (SSSR count). The molecule has 156 valence electrons. The van der Waals surface area contributed by atoms with Gasteiger partial charge in [-0.1, -0.05) is 32.0 Å². The second kappa shape index (κ2) is 8.52. The number of benzene rings is 1. The molecular weight excluding hydrogens is 374 g/mol. The molecule has 0 radical (unpaired) electrons. The topological polar surface area (TPSA) is 103 Å². The van der Waals surface area contributed by atoms with Crippen molar-refractivity contribution in [2.24, 2.45) is 20.0 Å². The molecule has 2 N–H and O–H groups in total. The zero-order valence-electron chi connectivity index (χ0n) is 17.1. The third kappa shape index (κ3) is 4.34. The van der Waals surface area contributed by atoms with Crippen LogP contribution in [0.15, 0.2) is 39.9 Å². The first-order valence-electron chi connectivity index (χ1n) is 9.55. The number of aromatic nitrogens is 4. The Bertz CT molecular complexity index is 1100. The molecule has 0 fully saturated rings. The van der Waals surface area contributed by atoms with Crippen LogP contribution in [0.1, 0.15) is 13.8 Å². The summed E-state index contributed by atoms with van der Waals surface area (Å²) in [4.78, 5) is 29.5. The predicted octanol–water partition coefficient (Wildman–Crippen LogP) is 0.942. The summed E-state index contributed by atoms with van der Waals surface area (Å²) in [7, 11) is 3.00. The number of hydrogen-bond acceptors (Lipinski definition) is 6. The van der Waals surface area contributed by atoms with Gasteiger partial charge in [-0.3, -0.25) is 13.9 Å². The van der Waals surface area contributed by atoms with E-state index in [0.717, 1.165) is 4.57 Å². The van der Waals surface area contributed by atoms with Gasteiger partial charge in [0.15, 0.2) is 11.2 Å². The van der Waals surface area contributed by atoms with E-state index in [4.69, 9.17) is 4.74 Å². The molecule has 0 aliphatic heterocycles. The van der Waals surface area contributed by atoms with E-state index in [9.17, 15) is 14.7 Å². The second-order valence-corrected chi connectivity index (χ2v) is 7.48. The minimum Gasteiger partial charge on any atom is -0.491 e. The largest absolute Gasteiger partial charge is 0.491 e. The summed E-state index contributed by atoms with van der Waals surface area (Å²) in [5.41, 5.74) is -0.361. The van der Waals surface area contributed by atoms with Gasteiger partial charge in [-0.05, 0) is 18.1 Å². The highest BCUT2D eigenvalue weighted by Crippen LogP contribution is 2.17. The molecule has 29 heavy (non-hydrogen) atoms. The molecular formula is C20H27N5O4. The van der Waals surface area contributed by atoms with Gasteiger partial charge in [0.25, 0.3) is 5.56 Å². The van der Waals surface area contributed by atoms with Gasteiger partial charge in [-0.15, -0.1) is 0 Å². The molecule has 2 aromatic heterocycles. The van der Waals surface area contributed by atoms with Crippen LogP contribution in [0.3, 0.4) is 0 Å². The molecule has 2 heterocycles. The van der Waals surface area contributed by atoms with E-state index in [-0.39, 0.29) is 24.3 Å². The molecule has 0 bridgehead atoms. The fraction of sp³-hybridized carbons (Fsp3) is 0.450. The van der Waals surface area contributed by atoms with Crippen molar-refractivity contribution in [3.05, 3.63) is 51.2 Å². The number of para-hydroxylation sites is 1. The number of hydrogen-bond donors (Lipinski definition) is 2. The van der Waals surface area contributed by atoms with Crippen molar-refractivity contribution >= 4 is 17.1 Å². The highest BCUT2D eigenvalue weighted by Gasteiger charge is 2.21. The van der Waals surface area contributed by atoms with Crippen molar-refractivity contribution in [2.45, 2.75) is 26.5 Å². The van der Waals surface area contributed by atoms with Crippen LogP contribution in [-0.2, 0) is 20.6 Å². The number of nitrogens with one attached hydrogen (secondary N) is 1. The Morgan fingerprint density at radius 3 is 2.48 bits per heavy atom. The summed E-state index contributed by atoms with van der Waals surface area (Å²) in [5, 5.41) is 13.8. The van der Waals surface area contributed by atoms with Crippen LogP contribution in [0.25, 0.3) is 11.2 Å². The van der Waals surface area contributed by atoms with Crippen molar-refractivity contribution in [1.29, 1.82) is 0 Å². The number of nitrogens with zero attached hydrogens (tertiary/aromatic N) is 4. The predicted molar refractivity (Wildman–Crippen MR) is 111 cm³/mol. The maximum absolute atomic E-state index is 12.8. The number of ether oxygens (including phenoxy) is 1. The quantitative estimate of drug-likeness (QED) is 0.582. The Morgan fingerprint density at radius 1 is 1.14 bits per heavy atom. The van der Waals surface area contributed by atoms with Gasteiger partial charge in [-0.2, -0.15) is 4.98 Å². The van der Waals surface area contributed by atoms with E-state index in [2.05, 4.69) is 24.1 Å². The van der Waals surface area contributed by atoms with Crippen LogP contribution in [0, 0.1) is 5.92 Å². The van der Waals surface area contributed by atoms with E-state index in [1.165, 1.54) is 11.6 Å². The number of anilines is 1. The molecule has 0 unspecified atom stereocenters. The third-order valence-electron chi connectivity index (χ3n) is 4.60. The molecule has 0 saturated heterocycles. The molecule has 1 aromatic carbocycles. The van der Waals surface area contributed by atoms with Gasteiger partial charge < -0.3 is 19.7 Å². The second-order valence-electron chi connectivity index (χ2n) is 7.48. The number of aliphatic hydroxyl groups excluding tert-OH is 1. The van der Waals surface area contributed by atoms with E-state index in [0.29, 0.717) is 24.2 Å². The van der Waals surface area contributed by atoms with Gasteiger partial charge in [0.1, 0.15) is 18.5 Å². The number of rotatable bonds is 8. The fourth-order valence-corrected chi connectivity index (χ4v) is 3.03. The SMILES string of the molecule is CC(C)CNc1nc2c(c(=O)n(C)c(=O)n2C)n1C[C@H](O)COc1ccccc1. The van der Waals surface area contributed by atoms with Crippen molar-refractivity contribution in [1.82, 2.24) is 18.7 Å². The Kier molecular flexibility index (Phi) is 6.07. The Balaban J connectivity index is 1.96. The monoisotopic (exact) mass is 401 g/mol. The van der Waals surface area contributed by atoms with E-state index in [1.54, 1.807) is 23.7 Å². The summed E-state index contributed by atoms with van der Waals surface area (Å²) in [5.74, 6) is 1.44. The number of imidazole rings is 1. The fourth-order valence-electron chi connectivity index (χ4n) is 3.03. The molecule has 0 spiro atoms. The lowest BCUT2D eigenvalue weighted by molar-refractivity contribution is 0.0938. The van der Waals surface area contributed by atoms with Gasteiger partial charge in [0, 0.05) is 20.6 Å². The molecule has 9 nitrogen and oxygen atoms in total. The van der Waals surface area contributed by atoms with Crippen LogP contribution in [0.4, 0.5) is 5.95 Å². The van der Waals surface area contributed by atoms with Crippen molar-refractivity contribution < 1.29 is 9.84 Å². The summed E-state index contributed by atoms with van der Waals surface area (Å²) in [6.45, 7) is 4.89. The normalized spacial score (nSPS) is 12.5. The van der Waals surface area contributed by atoms with Crippen LogP contribution in [0.5, 0.6) is 5.75 Å². The molecule has 9 heteroatoms. The zero-order chi connectivity index (χ0) is 21.1. The van der Waals surface area contributed by atoms with Gasteiger partial charge in [0.2, 0.25) is 5.95 Å². The summed E-state index contributed by atoms with van der Waals surface area (Å²) in [6, 6.07) is 9.20. The average Bonchev–Trinajstić information content (AvgIpc) is 3.06. The summed E-state index contributed by atoms with van der Waals surface area (Å²) >= 11 is 0. The highest BCUT2D eigenvalue weighted by atomic mass is 16.5. The molecule has 0 amide bonds. The smallest absolute Gasteiger partial charge is 0.332 e. The van der Waals surface area contributed by atoms with E-state index >= 15 is 0 Å². The van der Waals surface area contributed by atoms with Crippen molar-refractivity contribution in [2.75, 3.05) is 18.5 Å². The van der Waals surface area contributed by atoms with Gasteiger partial charge in [-0.25, -0.2) is 4.79 Å². The van der Waals surface area contributed by atoms with E-state index in [1.807, 2.05) is 18.2 Å². The lowest BCUT2D eigenvalue weighted by atomic mass is 10.2. The zero-order valence-corrected chi connectivity index (χ0v) is 17.1. The molecule has 1 atom stereocenters. The minimum absolute atomic E-state index is 0.0549.